The molecule has 3 nitrogen and oxygen atoms in total. The van der Waals surface area contributed by atoms with Gasteiger partial charge in [0.15, 0.2) is 5.60 Å². The Morgan fingerprint density at radius 2 is 2.08 bits per heavy atom. The minimum atomic E-state index is -2.84. The van der Waals surface area contributed by atoms with Crippen LogP contribution in [-0.2, 0) is 4.74 Å². The number of aliphatic imine (C=N–C) groups is 1. The Morgan fingerprint density at radius 3 is 2.50 bits per heavy atom. The summed E-state index contributed by atoms with van der Waals surface area (Å²) in [5.41, 5.74) is 3.91. The van der Waals surface area contributed by atoms with Gasteiger partial charge in [-0.2, -0.15) is 0 Å². The number of nitrogens with two attached hydrogens (primary N) is 1. The number of hydrogen-bond donors (Lipinski definition) is 1. The van der Waals surface area contributed by atoms with Crippen molar-refractivity contribution in [2.24, 2.45) is 10.7 Å². The molecule has 1 aliphatic heterocycles. The standard InChI is InChI=1S/C7H10F2N2O/c8-7(9)4-11-5(10)12-6(7)2-1-3-6/h1-4H2,(H2,10,11). The lowest BCUT2D eigenvalue weighted by atomic mass is 9.74. The van der Waals surface area contributed by atoms with Gasteiger partial charge >= 0.3 is 5.92 Å². The van der Waals surface area contributed by atoms with Crippen molar-refractivity contribution in [2.75, 3.05) is 6.54 Å². The fourth-order valence-electron chi connectivity index (χ4n) is 1.59. The van der Waals surface area contributed by atoms with Crippen LogP contribution in [0.1, 0.15) is 19.3 Å². The first-order chi connectivity index (χ1) is 5.56. The van der Waals surface area contributed by atoms with E-state index in [1.807, 2.05) is 0 Å². The monoisotopic (exact) mass is 176 g/mol. The number of ether oxygens (including phenoxy) is 1. The normalized spacial score (nSPS) is 30.3. The van der Waals surface area contributed by atoms with Gasteiger partial charge in [-0.05, 0) is 19.3 Å². The van der Waals surface area contributed by atoms with Crippen molar-refractivity contribution in [3.8, 4) is 0 Å². The smallest absolute Gasteiger partial charge is 0.306 e. The lowest BCUT2D eigenvalue weighted by Gasteiger charge is -2.47. The molecule has 1 spiro atoms. The summed E-state index contributed by atoms with van der Waals surface area (Å²) in [5.74, 6) is -2.84. The molecule has 0 amide bonds. The largest absolute Gasteiger partial charge is 0.452 e. The van der Waals surface area contributed by atoms with E-state index in [-0.39, 0.29) is 6.02 Å². The van der Waals surface area contributed by atoms with Gasteiger partial charge in [0.25, 0.3) is 6.02 Å². The van der Waals surface area contributed by atoms with E-state index >= 15 is 0 Å². The first kappa shape index (κ1) is 7.76. The Morgan fingerprint density at radius 1 is 1.42 bits per heavy atom. The zero-order chi connectivity index (χ0) is 8.82. The predicted octanol–water partition coefficient (Wildman–Crippen LogP) is 0.889. The third-order valence-corrected chi connectivity index (χ3v) is 2.56. The molecule has 0 aromatic heterocycles. The van der Waals surface area contributed by atoms with E-state index in [9.17, 15) is 8.78 Å². The van der Waals surface area contributed by atoms with Gasteiger partial charge in [-0.15, -0.1) is 0 Å². The average molecular weight is 176 g/mol. The average Bonchev–Trinajstić information content (AvgIpc) is 1.91. The molecule has 0 atom stereocenters. The van der Waals surface area contributed by atoms with Crippen LogP contribution in [-0.4, -0.2) is 24.1 Å². The van der Waals surface area contributed by atoms with E-state index in [4.69, 9.17) is 10.5 Å². The van der Waals surface area contributed by atoms with E-state index in [0.29, 0.717) is 12.8 Å². The molecule has 5 heteroatoms. The van der Waals surface area contributed by atoms with Gasteiger partial charge in [0, 0.05) is 0 Å². The maximum Gasteiger partial charge on any atom is 0.306 e. The lowest BCUT2D eigenvalue weighted by Crippen LogP contribution is -2.61. The minimum absolute atomic E-state index is 0.0966. The number of rotatable bonds is 0. The van der Waals surface area contributed by atoms with Crippen molar-refractivity contribution in [1.29, 1.82) is 0 Å². The molecule has 1 heterocycles. The van der Waals surface area contributed by atoms with Crippen LogP contribution in [0.3, 0.4) is 0 Å². The Balaban J connectivity index is 2.26. The van der Waals surface area contributed by atoms with E-state index in [2.05, 4.69) is 4.99 Å². The molecule has 0 saturated heterocycles. The maximum absolute atomic E-state index is 13.2. The summed E-state index contributed by atoms with van der Waals surface area (Å²) in [7, 11) is 0. The second-order valence-electron chi connectivity index (χ2n) is 3.31. The number of nitrogens with zero attached hydrogens (tertiary/aromatic N) is 1. The Bertz CT molecular complexity index is 236. The molecule has 2 aliphatic rings. The molecule has 12 heavy (non-hydrogen) atoms. The van der Waals surface area contributed by atoms with Gasteiger partial charge in [0.05, 0.1) is 0 Å². The van der Waals surface area contributed by atoms with E-state index < -0.39 is 18.1 Å². The van der Waals surface area contributed by atoms with Crippen LogP contribution in [0.2, 0.25) is 0 Å². The van der Waals surface area contributed by atoms with Gasteiger partial charge < -0.3 is 10.5 Å². The highest BCUT2D eigenvalue weighted by Crippen LogP contribution is 2.48. The van der Waals surface area contributed by atoms with Gasteiger partial charge in [0.1, 0.15) is 6.54 Å². The summed E-state index contributed by atoms with van der Waals surface area (Å²) in [6, 6.07) is -0.0966. The number of halogens is 2. The Hall–Kier alpha value is -0.870. The number of alkyl halides is 2. The summed E-state index contributed by atoms with van der Waals surface area (Å²) in [5, 5.41) is 0. The van der Waals surface area contributed by atoms with Crippen molar-refractivity contribution in [1.82, 2.24) is 0 Å². The zero-order valence-corrected chi connectivity index (χ0v) is 6.52. The fourth-order valence-corrected chi connectivity index (χ4v) is 1.59. The number of amidine groups is 1. The molecule has 0 aromatic carbocycles. The highest BCUT2D eigenvalue weighted by molar-refractivity contribution is 5.73. The van der Waals surface area contributed by atoms with Crippen molar-refractivity contribution >= 4 is 6.02 Å². The first-order valence-corrected chi connectivity index (χ1v) is 3.93. The van der Waals surface area contributed by atoms with Crippen LogP contribution in [0, 0.1) is 0 Å². The van der Waals surface area contributed by atoms with Gasteiger partial charge in [-0.3, -0.25) is 0 Å². The van der Waals surface area contributed by atoms with Gasteiger partial charge in [0.2, 0.25) is 0 Å². The van der Waals surface area contributed by atoms with Crippen molar-refractivity contribution in [3.05, 3.63) is 0 Å². The predicted molar refractivity (Wildman–Crippen MR) is 39.1 cm³/mol. The van der Waals surface area contributed by atoms with Crippen LogP contribution < -0.4 is 5.73 Å². The van der Waals surface area contributed by atoms with Crippen LogP contribution in [0.4, 0.5) is 8.78 Å². The zero-order valence-electron chi connectivity index (χ0n) is 6.52. The lowest BCUT2D eigenvalue weighted by molar-refractivity contribution is -0.210. The van der Waals surface area contributed by atoms with E-state index in [1.165, 1.54) is 0 Å². The van der Waals surface area contributed by atoms with Crippen molar-refractivity contribution in [2.45, 2.75) is 30.8 Å². The highest BCUT2D eigenvalue weighted by atomic mass is 19.3. The van der Waals surface area contributed by atoms with E-state index in [0.717, 1.165) is 6.42 Å². The van der Waals surface area contributed by atoms with Gasteiger partial charge in [-0.25, -0.2) is 13.8 Å². The summed E-state index contributed by atoms with van der Waals surface area (Å²) in [6.45, 7) is -0.529. The summed E-state index contributed by atoms with van der Waals surface area (Å²) in [6.07, 6.45) is 1.55. The fraction of sp³-hybridized carbons (Fsp3) is 0.857. The second kappa shape index (κ2) is 2.08. The van der Waals surface area contributed by atoms with E-state index in [1.54, 1.807) is 0 Å². The molecule has 0 aromatic rings. The molecular weight excluding hydrogens is 166 g/mol. The van der Waals surface area contributed by atoms with Crippen molar-refractivity contribution < 1.29 is 13.5 Å². The van der Waals surface area contributed by atoms with Crippen LogP contribution in [0.5, 0.6) is 0 Å². The third kappa shape index (κ3) is 0.820. The van der Waals surface area contributed by atoms with Crippen LogP contribution >= 0.6 is 0 Å². The highest BCUT2D eigenvalue weighted by Gasteiger charge is 2.61. The molecule has 2 rings (SSSR count). The Labute approximate surface area is 68.6 Å². The summed E-state index contributed by atoms with van der Waals surface area (Å²) < 4.78 is 31.3. The molecule has 1 aliphatic carbocycles. The topological polar surface area (TPSA) is 47.6 Å². The van der Waals surface area contributed by atoms with Crippen LogP contribution in [0.25, 0.3) is 0 Å². The second-order valence-corrected chi connectivity index (χ2v) is 3.31. The molecule has 0 radical (unpaired) electrons. The minimum Gasteiger partial charge on any atom is -0.452 e. The molecule has 1 fully saturated rings. The molecule has 68 valence electrons. The molecule has 1 saturated carbocycles. The van der Waals surface area contributed by atoms with Crippen molar-refractivity contribution in [3.63, 3.8) is 0 Å². The summed E-state index contributed by atoms with van der Waals surface area (Å²) >= 11 is 0. The third-order valence-electron chi connectivity index (χ3n) is 2.56. The summed E-state index contributed by atoms with van der Waals surface area (Å²) in [4.78, 5) is 3.38. The quantitative estimate of drug-likeness (QED) is 0.595. The SMILES string of the molecule is NC1=NCC(F)(F)C2(CCC2)O1. The van der Waals surface area contributed by atoms with Gasteiger partial charge in [-0.1, -0.05) is 0 Å². The first-order valence-electron chi connectivity index (χ1n) is 3.93. The molecular formula is C7H10F2N2O. The number of hydrogen-bond acceptors (Lipinski definition) is 3. The molecule has 2 N–H and O–H groups in total. The maximum atomic E-state index is 13.2. The Kier molecular flexibility index (Phi) is 1.35. The molecule has 0 bridgehead atoms. The van der Waals surface area contributed by atoms with Crippen LogP contribution in [0.15, 0.2) is 4.99 Å². The molecule has 0 unspecified atom stereocenters.